The lowest BCUT2D eigenvalue weighted by molar-refractivity contribution is 0.111. The highest BCUT2D eigenvalue weighted by Gasteiger charge is 2.31. The molecule has 0 bridgehead atoms. The normalized spacial score (nSPS) is 16.2. The Morgan fingerprint density at radius 1 is 1.00 bits per heavy atom. The van der Waals surface area contributed by atoms with E-state index in [-0.39, 0.29) is 17.1 Å². The van der Waals surface area contributed by atoms with Gasteiger partial charge < -0.3 is 14.6 Å². The van der Waals surface area contributed by atoms with E-state index in [1.807, 2.05) is 43.3 Å². The molecule has 1 aromatic heterocycles. The van der Waals surface area contributed by atoms with Crippen molar-refractivity contribution in [3.05, 3.63) is 99.2 Å². The highest BCUT2D eigenvalue weighted by Crippen LogP contribution is 2.33. The molecule has 32 heavy (non-hydrogen) atoms. The number of piperazine rings is 1. The molecule has 0 spiro atoms. The van der Waals surface area contributed by atoms with Gasteiger partial charge in [0.05, 0.1) is 18.2 Å². The Balaban J connectivity index is 1.82. The zero-order valence-electron chi connectivity index (χ0n) is 18.7. The molecular formula is C26H30FN3O2. The van der Waals surface area contributed by atoms with Crippen molar-refractivity contribution in [1.82, 2.24) is 14.4 Å². The first kappa shape index (κ1) is 22.2. The molecule has 0 radical (unpaired) electrons. The minimum atomic E-state index is -0.514. The summed E-state index contributed by atoms with van der Waals surface area (Å²) >= 11 is 0. The molecule has 1 saturated heterocycles. The molecule has 0 unspecified atom stereocenters. The third-order valence-electron chi connectivity index (χ3n) is 6.36. The first-order chi connectivity index (χ1) is 15.5. The second kappa shape index (κ2) is 9.67. The predicted molar refractivity (Wildman–Crippen MR) is 125 cm³/mol. The highest BCUT2D eigenvalue weighted by atomic mass is 19.1. The number of benzene rings is 2. The molecule has 2 aromatic carbocycles. The van der Waals surface area contributed by atoms with Crippen LogP contribution in [-0.2, 0) is 6.54 Å². The molecule has 1 aliphatic rings. The fourth-order valence-electron chi connectivity index (χ4n) is 4.56. The summed E-state index contributed by atoms with van der Waals surface area (Å²) in [6.45, 7) is 8.55. The fraction of sp³-hybridized carbons (Fsp3) is 0.346. The number of aromatic nitrogens is 1. The van der Waals surface area contributed by atoms with E-state index in [2.05, 4.69) is 16.7 Å². The van der Waals surface area contributed by atoms with Crippen LogP contribution in [0.25, 0.3) is 0 Å². The van der Waals surface area contributed by atoms with Crippen LogP contribution in [0.3, 0.4) is 0 Å². The van der Waals surface area contributed by atoms with Crippen LogP contribution in [0.5, 0.6) is 5.75 Å². The minimum absolute atomic E-state index is 0.0380. The molecule has 6 heteroatoms. The number of likely N-dealkylation sites (N-methyl/N-ethyl adjacent to an activating group) is 1. The van der Waals surface area contributed by atoms with Crippen molar-refractivity contribution < 1.29 is 9.50 Å². The molecular weight excluding hydrogens is 405 g/mol. The summed E-state index contributed by atoms with van der Waals surface area (Å²) in [6, 6.07) is 17.3. The molecule has 5 nitrogen and oxygen atoms in total. The van der Waals surface area contributed by atoms with Crippen LogP contribution in [0, 0.1) is 12.7 Å². The summed E-state index contributed by atoms with van der Waals surface area (Å²) in [7, 11) is 0. The Hall–Kier alpha value is -2.96. The lowest BCUT2D eigenvalue weighted by Crippen LogP contribution is -2.48. The Labute approximate surface area is 188 Å². The number of aryl methyl sites for hydroxylation is 1. The van der Waals surface area contributed by atoms with Gasteiger partial charge in [-0.05, 0) is 42.8 Å². The van der Waals surface area contributed by atoms with Crippen LogP contribution in [0.15, 0.2) is 65.5 Å². The summed E-state index contributed by atoms with van der Waals surface area (Å²) in [5.74, 6) is -0.389. The van der Waals surface area contributed by atoms with E-state index in [9.17, 15) is 14.3 Å². The lowest BCUT2D eigenvalue weighted by Gasteiger charge is -2.39. The molecule has 1 aliphatic heterocycles. The second-order valence-electron chi connectivity index (χ2n) is 8.39. The number of halogens is 1. The summed E-state index contributed by atoms with van der Waals surface area (Å²) in [5, 5.41) is 10.9. The Bertz CT molecular complexity index is 1120. The topological polar surface area (TPSA) is 48.7 Å². The van der Waals surface area contributed by atoms with Crippen LogP contribution >= 0.6 is 0 Å². The number of rotatable bonds is 6. The van der Waals surface area contributed by atoms with Gasteiger partial charge >= 0.3 is 0 Å². The number of hydrogen-bond donors (Lipinski definition) is 1. The summed E-state index contributed by atoms with van der Waals surface area (Å²) < 4.78 is 15.9. The number of aromatic hydroxyl groups is 1. The maximum Gasteiger partial charge on any atom is 0.259 e. The van der Waals surface area contributed by atoms with E-state index in [0.717, 1.165) is 38.3 Å². The van der Waals surface area contributed by atoms with Crippen LogP contribution in [0.1, 0.15) is 35.3 Å². The van der Waals surface area contributed by atoms with Gasteiger partial charge in [-0.1, -0.05) is 49.4 Å². The molecule has 3 aromatic rings. The van der Waals surface area contributed by atoms with Crippen LogP contribution in [-0.4, -0.2) is 52.2 Å². The van der Waals surface area contributed by atoms with Gasteiger partial charge in [0.2, 0.25) is 0 Å². The Morgan fingerprint density at radius 3 is 2.38 bits per heavy atom. The van der Waals surface area contributed by atoms with Gasteiger partial charge in [-0.2, -0.15) is 0 Å². The average Bonchev–Trinajstić information content (AvgIpc) is 2.80. The van der Waals surface area contributed by atoms with Gasteiger partial charge in [0, 0.05) is 31.9 Å². The quantitative estimate of drug-likeness (QED) is 0.640. The van der Waals surface area contributed by atoms with Crippen molar-refractivity contribution in [3.8, 4) is 5.75 Å². The molecule has 2 heterocycles. The number of hydrogen-bond acceptors (Lipinski definition) is 4. The SMILES string of the molecule is CCN1CCN([C@@H](c2cccc(F)c2)c2c(O)cc(C)n(Cc3ccccc3)c2=O)CC1. The van der Waals surface area contributed by atoms with E-state index >= 15 is 0 Å². The van der Waals surface area contributed by atoms with E-state index in [1.165, 1.54) is 12.1 Å². The fourth-order valence-corrected chi connectivity index (χ4v) is 4.56. The standard InChI is InChI=1S/C26H30FN3O2/c1-3-28-12-14-29(15-13-28)25(21-10-7-11-22(27)17-21)24-23(31)16-19(2)30(26(24)32)18-20-8-5-4-6-9-20/h4-11,16-17,25,31H,3,12-15,18H2,1-2H3/t25-/m0/s1. The maximum atomic E-state index is 14.2. The van der Waals surface area contributed by atoms with Crippen molar-refractivity contribution in [3.63, 3.8) is 0 Å². The Morgan fingerprint density at radius 2 is 1.72 bits per heavy atom. The van der Waals surface area contributed by atoms with Gasteiger partial charge in [0.1, 0.15) is 11.6 Å². The maximum absolute atomic E-state index is 14.2. The first-order valence-electron chi connectivity index (χ1n) is 11.2. The lowest BCUT2D eigenvalue weighted by atomic mass is 9.95. The molecule has 1 atom stereocenters. The molecule has 1 fully saturated rings. The molecule has 4 rings (SSSR count). The average molecular weight is 436 g/mol. The van der Waals surface area contributed by atoms with Gasteiger partial charge in [-0.15, -0.1) is 0 Å². The third-order valence-corrected chi connectivity index (χ3v) is 6.36. The number of pyridine rings is 1. The van der Waals surface area contributed by atoms with Gasteiger partial charge in [0.25, 0.3) is 5.56 Å². The van der Waals surface area contributed by atoms with E-state index in [0.29, 0.717) is 23.4 Å². The minimum Gasteiger partial charge on any atom is -0.507 e. The molecule has 1 N–H and O–H groups in total. The van der Waals surface area contributed by atoms with Crippen molar-refractivity contribution >= 4 is 0 Å². The van der Waals surface area contributed by atoms with Crippen LogP contribution < -0.4 is 5.56 Å². The zero-order valence-corrected chi connectivity index (χ0v) is 18.7. The predicted octanol–water partition coefficient (Wildman–Crippen LogP) is 3.78. The highest BCUT2D eigenvalue weighted by molar-refractivity contribution is 5.41. The zero-order chi connectivity index (χ0) is 22.7. The second-order valence-corrected chi connectivity index (χ2v) is 8.39. The monoisotopic (exact) mass is 435 g/mol. The van der Waals surface area contributed by atoms with Gasteiger partial charge in [0.15, 0.2) is 0 Å². The van der Waals surface area contributed by atoms with Crippen molar-refractivity contribution in [2.24, 2.45) is 0 Å². The van der Waals surface area contributed by atoms with Gasteiger partial charge in [-0.3, -0.25) is 9.69 Å². The molecule has 0 aliphatic carbocycles. The van der Waals surface area contributed by atoms with E-state index in [1.54, 1.807) is 16.7 Å². The summed E-state index contributed by atoms with van der Waals surface area (Å²) in [5.41, 5.74) is 2.44. The van der Waals surface area contributed by atoms with Crippen LogP contribution in [0.2, 0.25) is 0 Å². The Kier molecular flexibility index (Phi) is 6.72. The van der Waals surface area contributed by atoms with Gasteiger partial charge in [-0.25, -0.2) is 4.39 Å². The van der Waals surface area contributed by atoms with Crippen molar-refractivity contribution in [1.29, 1.82) is 0 Å². The van der Waals surface area contributed by atoms with Crippen LogP contribution in [0.4, 0.5) is 4.39 Å². The number of nitrogens with zero attached hydrogens (tertiary/aromatic N) is 3. The van der Waals surface area contributed by atoms with Crippen molar-refractivity contribution in [2.75, 3.05) is 32.7 Å². The summed E-state index contributed by atoms with van der Waals surface area (Å²) in [6.07, 6.45) is 0. The molecule has 0 saturated carbocycles. The molecule has 0 amide bonds. The summed E-state index contributed by atoms with van der Waals surface area (Å²) in [4.78, 5) is 18.3. The smallest absolute Gasteiger partial charge is 0.259 e. The van der Waals surface area contributed by atoms with Crippen molar-refractivity contribution in [2.45, 2.75) is 26.4 Å². The van der Waals surface area contributed by atoms with E-state index in [4.69, 9.17) is 0 Å². The first-order valence-corrected chi connectivity index (χ1v) is 11.2. The largest absolute Gasteiger partial charge is 0.507 e. The molecule has 168 valence electrons. The third kappa shape index (κ3) is 4.61. The van der Waals surface area contributed by atoms with E-state index < -0.39 is 6.04 Å².